The van der Waals surface area contributed by atoms with Gasteiger partial charge in [-0.25, -0.2) is 4.79 Å². The Morgan fingerprint density at radius 2 is 1.09 bits per heavy atom. The minimum absolute atomic E-state index is 0.149. The Balaban J connectivity index is 2.19. The number of carbonyl (C=O) groups excluding carboxylic acids is 3. The fraction of sp³-hybridized carbons (Fsp3) is 0.889. The van der Waals surface area contributed by atoms with Gasteiger partial charge in [-0.15, -0.1) is 0 Å². The Kier molecular flexibility index (Phi) is 10.2. The number of nitrogens with one attached hydrogen (secondary N) is 2. The smallest absolute Gasteiger partial charge is 0.349 e. The highest BCUT2D eigenvalue weighted by molar-refractivity contribution is 5.90. The van der Waals surface area contributed by atoms with E-state index in [2.05, 4.69) is 52.2 Å². The molecule has 2 N–H and O–H groups in total. The molecule has 0 aromatic rings. The van der Waals surface area contributed by atoms with Gasteiger partial charge in [0.05, 0.1) is 6.10 Å². The van der Waals surface area contributed by atoms with Gasteiger partial charge in [0, 0.05) is 11.8 Å². The van der Waals surface area contributed by atoms with Crippen LogP contribution in [0.2, 0.25) is 0 Å². The van der Waals surface area contributed by atoms with Gasteiger partial charge in [0.2, 0.25) is 18.0 Å². The number of ether oxygens (including phenoxy) is 1. The SMILES string of the molecule is CC1CCC(C(C)C)C(C(=O)NC(NC(=O)C2CC(C)CCC2C(C)C)C(=O)OC(C)C)C1. The summed E-state index contributed by atoms with van der Waals surface area (Å²) in [5.41, 5.74) is 0. The normalized spacial score (nSPS) is 31.4. The van der Waals surface area contributed by atoms with E-state index in [4.69, 9.17) is 4.74 Å². The molecule has 2 rings (SSSR count). The zero-order valence-corrected chi connectivity index (χ0v) is 22.1. The van der Waals surface area contributed by atoms with E-state index in [0.717, 1.165) is 38.5 Å². The molecule has 6 nitrogen and oxygen atoms in total. The lowest BCUT2D eigenvalue weighted by molar-refractivity contribution is -0.155. The second-order valence-electron chi connectivity index (χ2n) is 11.8. The third-order valence-corrected chi connectivity index (χ3v) is 7.88. The molecule has 190 valence electrons. The summed E-state index contributed by atoms with van der Waals surface area (Å²) < 4.78 is 5.41. The van der Waals surface area contributed by atoms with Crippen molar-refractivity contribution in [2.75, 3.05) is 0 Å². The molecule has 0 saturated heterocycles. The number of amides is 2. The molecular formula is C27H48N2O4. The molecule has 0 aromatic carbocycles. The second kappa shape index (κ2) is 12.2. The summed E-state index contributed by atoms with van der Waals surface area (Å²) in [6.07, 6.45) is 4.42. The van der Waals surface area contributed by atoms with E-state index in [-0.39, 0.29) is 41.6 Å². The summed E-state index contributed by atoms with van der Waals surface area (Å²) in [5.74, 6) is 1.08. The fourth-order valence-corrected chi connectivity index (χ4v) is 5.96. The standard InChI is InChI=1S/C27H48N2O4/c1-15(2)20-11-9-18(7)13-22(20)25(30)28-24(27(32)33-17(5)6)29-26(31)23-14-19(8)10-12-21(23)16(3)4/h15-24H,9-14H2,1-8H3,(H,28,30)(H,29,31). The van der Waals surface area contributed by atoms with Crippen molar-refractivity contribution in [1.29, 1.82) is 0 Å². The lowest BCUT2D eigenvalue weighted by atomic mass is 9.69. The molecule has 2 fully saturated rings. The van der Waals surface area contributed by atoms with Gasteiger partial charge in [-0.2, -0.15) is 0 Å². The topological polar surface area (TPSA) is 84.5 Å². The summed E-state index contributed by atoms with van der Waals surface area (Å²) in [5, 5.41) is 5.75. The molecule has 0 radical (unpaired) electrons. The zero-order valence-electron chi connectivity index (χ0n) is 22.1. The molecule has 2 amide bonds. The predicted molar refractivity (Wildman–Crippen MR) is 131 cm³/mol. The lowest BCUT2D eigenvalue weighted by Gasteiger charge is -2.38. The first kappa shape index (κ1) is 27.7. The minimum Gasteiger partial charge on any atom is -0.460 e. The van der Waals surface area contributed by atoms with Crippen molar-refractivity contribution in [2.45, 2.75) is 106 Å². The van der Waals surface area contributed by atoms with Crippen molar-refractivity contribution in [3.63, 3.8) is 0 Å². The first-order valence-electron chi connectivity index (χ1n) is 13.2. The van der Waals surface area contributed by atoms with Crippen LogP contribution in [0.4, 0.5) is 0 Å². The third kappa shape index (κ3) is 7.71. The van der Waals surface area contributed by atoms with Crippen LogP contribution in [0, 0.1) is 47.3 Å². The molecule has 0 heterocycles. The highest BCUT2D eigenvalue weighted by Gasteiger charge is 2.40. The highest BCUT2D eigenvalue weighted by Crippen LogP contribution is 2.39. The third-order valence-electron chi connectivity index (χ3n) is 7.88. The Labute approximate surface area is 201 Å². The first-order valence-corrected chi connectivity index (χ1v) is 13.2. The highest BCUT2D eigenvalue weighted by atomic mass is 16.5. The summed E-state index contributed by atoms with van der Waals surface area (Å²) in [7, 11) is 0. The van der Waals surface area contributed by atoms with Crippen molar-refractivity contribution in [2.24, 2.45) is 47.3 Å². The van der Waals surface area contributed by atoms with Crippen LogP contribution in [-0.4, -0.2) is 30.1 Å². The van der Waals surface area contributed by atoms with E-state index in [9.17, 15) is 14.4 Å². The van der Waals surface area contributed by atoms with Gasteiger partial charge in [-0.05, 0) is 75.0 Å². The van der Waals surface area contributed by atoms with Gasteiger partial charge in [-0.3, -0.25) is 9.59 Å². The molecule has 6 unspecified atom stereocenters. The molecule has 2 aliphatic rings. The fourth-order valence-electron chi connectivity index (χ4n) is 5.96. The largest absolute Gasteiger partial charge is 0.460 e. The maximum atomic E-state index is 13.4. The first-order chi connectivity index (χ1) is 15.4. The molecular weight excluding hydrogens is 416 g/mol. The predicted octanol–water partition coefficient (Wildman–Crippen LogP) is 4.91. The van der Waals surface area contributed by atoms with Crippen molar-refractivity contribution in [1.82, 2.24) is 10.6 Å². The van der Waals surface area contributed by atoms with Crippen molar-refractivity contribution in [3.8, 4) is 0 Å². The van der Waals surface area contributed by atoms with Gasteiger partial charge < -0.3 is 15.4 Å². The quantitative estimate of drug-likeness (QED) is 0.395. The summed E-state index contributed by atoms with van der Waals surface area (Å²) in [6, 6.07) is 0. The number of hydrogen-bond acceptors (Lipinski definition) is 4. The maximum Gasteiger partial charge on any atom is 0.349 e. The van der Waals surface area contributed by atoms with Gasteiger partial charge in [0.25, 0.3) is 0 Å². The number of carbonyl (C=O) groups is 3. The molecule has 0 aromatic heterocycles. The Morgan fingerprint density at radius 1 is 0.697 bits per heavy atom. The molecule has 0 spiro atoms. The lowest BCUT2D eigenvalue weighted by Crippen LogP contribution is -2.58. The summed E-state index contributed by atoms with van der Waals surface area (Å²) >= 11 is 0. The molecule has 2 aliphatic carbocycles. The van der Waals surface area contributed by atoms with Gasteiger partial charge in [0.15, 0.2) is 0 Å². The zero-order chi connectivity index (χ0) is 24.9. The maximum absolute atomic E-state index is 13.4. The van der Waals surface area contributed by atoms with Crippen molar-refractivity contribution < 1.29 is 19.1 Å². The molecule has 6 atom stereocenters. The van der Waals surface area contributed by atoms with Crippen LogP contribution >= 0.6 is 0 Å². The molecule has 33 heavy (non-hydrogen) atoms. The van der Waals surface area contributed by atoms with E-state index in [1.165, 1.54) is 0 Å². The monoisotopic (exact) mass is 464 g/mol. The minimum atomic E-state index is -1.15. The van der Waals surface area contributed by atoms with Gasteiger partial charge in [-0.1, -0.05) is 54.4 Å². The summed E-state index contributed by atoms with van der Waals surface area (Å²) in [4.78, 5) is 39.6. The Hall–Kier alpha value is -1.59. The van der Waals surface area contributed by atoms with E-state index < -0.39 is 12.1 Å². The van der Waals surface area contributed by atoms with E-state index in [1.807, 2.05) is 0 Å². The van der Waals surface area contributed by atoms with Crippen LogP contribution in [-0.2, 0) is 19.1 Å². The summed E-state index contributed by atoms with van der Waals surface area (Å²) in [6.45, 7) is 16.5. The second-order valence-corrected chi connectivity index (χ2v) is 11.8. The Bertz CT molecular complexity index is 629. The van der Waals surface area contributed by atoms with Crippen LogP contribution in [0.3, 0.4) is 0 Å². The average Bonchev–Trinajstić information content (AvgIpc) is 2.71. The van der Waals surface area contributed by atoms with Crippen LogP contribution in [0.1, 0.15) is 93.9 Å². The van der Waals surface area contributed by atoms with Crippen molar-refractivity contribution >= 4 is 17.8 Å². The van der Waals surface area contributed by atoms with E-state index in [1.54, 1.807) is 13.8 Å². The van der Waals surface area contributed by atoms with E-state index >= 15 is 0 Å². The van der Waals surface area contributed by atoms with Gasteiger partial charge >= 0.3 is 5.97 Å². The number of rotatable bonds is 8. The van der Waals surface area contributed by atoms with Crippen LogP contribution in [0.5, 0.6) is 0 Å². The van der Waals surface area contributed by atoms with Crippen LogP contribution in [0.25, 0.3) is 0 Å². The average molecular weight is 465 g/mol. The molecule has 0 aliphatic heterocycles. The number of hydrogen-bond donors (Lipinski definition) is 2. The molecule has 6 heteroatoms. The van der Waals surface area contributed by atoms with Crippen LogP contribution in [0.15, 0.2) is 0 Å². The van der Waals surface area contributed by atoms with E-state index in [0.29, 0.717) is 23.7 Å². The van der Waals surface area contributed by atoms with Crippen LogP contribution < -0.4 is 10.6 Å². The molecule has 2 saturated carbocycles. The molecule has 0 bridgehead atoms. The number of esters is 1. The van der Waals surface area contributed by atoms with Gasteiger partial charge in [0.1, 0.15) is 0 Å². The van der Waals surface area contributed by atoms with Crippen molar-refractivity contribution in [3.05, 3.63) is 0 Å². The Morgan fingerprint density at radius 3 is 1.42 bits per heavy atom.